The number of hydrogen-bond donors (Lipinski definition) is 0. The normalized spacial score (nSPS) is 14.8. The molecule has 1 aliphatic rings. The smallest absolute Gasteiger partial charge is 0.265 e. The number of aryl methyl sites for hydroxylation is 2. The van der Waals surface area contributed by atoms with Gasteiger partial charge in [-0.3, -0.25) is 9.69 Å². The first kappa shape index (κ1) is 20.5. The van der Waals surface area contributed by atoms with Gasteiger partial charge in [-0.25, -0.2) is 4.98 Å². The summed E-state index contributed by atoms with van der Waals surface area (Å²) in [5, 5.41) is 5.10. The van der Waals surface area contributed by atoms with Crippen molar-refractivity contribution in [2.75, 3.05) is 33.3 Å². The number of thiazole rings is 1. The number of piperazine rings is 1. The number of nitrogens with zero attached hydrogens (tertiary/aromatic N) is 5. The van der Waals surface area contributed by atoms with Crippen LogP contribution in [0.4, 0.5) is 0 Å². The van der Waals surface area contributed by atoms with Crippen molar-refractivity contribution < 1.29 is 14.1 Å². The Labute approximate surface area is 179 Å². The lowest BCUT2D eigenvalue weighted by molar-refractivity contribution is 0.0619. The van der Waals surface area contributed by atoms with Crippen LogP contribution in [0.25, 0.3) is 11.4 Å². The Bertz CT molecular complexity index is 1010. The van der Waals surface area contributed by atoms with Crippen LogP contribution >= 0.6 is 11.3 Å². The molecule has 0 bridgehead atoms. The Balaban J connectivity index is 1.33. The lowest BCUT2D eigenvalue weighted by Crippen LogP contribution is -2.48. The van der Waals surface area contributed by atoms with Gasteiger partial charge in [-0.05, 0) is 37.6 Å². The minimum absolute atomic E-state index is 0.0870. The highest BCUT2D eigenvalue weighted by molar-refractivity contribution is 7.13. The highest BCUT2D eigenvalue weighted by Gasteiger charge is 2.26. The van der Waals surface area contributed by atoms with E-state index in [0.717, 1.165) is 46.4 Å². The second-order valence-electron chi connectivity index (χ2n) is 7.18. The fourth-order valence-corrected chi connectivity index (χ4v) is 4.39. The van der Waals surface area contributed by atoms with Gasteiger partial charge in [-0.2, -0.15) is 4.98 Å². The van der Waals surface area contributed by atoms with Crippen molar-refractivity contribution in [3.63, 3.8) is 0 Å². The molecule has 0 radical (unpaired) electrons. The third-order valence-electron chi connectivity index (χ3n) is 5.17. The first-order valence-corrected chi connectivity index (χ1v) is 10.8. The lowest BCUT2D eigenvalue weighted by atomic mass is 10.2. The quantitative estimate of drug-likeness (QED) is 0.598. The highest BCUT2D eigenvalue weighted by atomic mass is 32.1. The van der Waals surface area contributed by atoms with E-state index in [-0.39, 0.29) is 5.91 Å². The number of aromatic nitrogens is 3. The zero-order chi connectivity index (χ0) is 21.1. The van der Waals surface area contributed by atoms with Crippen molar-refractivity contribution in [2.24, 2.45) is 0 Å². The van der Waals surface area contributed by atoms with Gasteiger partial charge in [0.1, 0.15) is 10.6 Å². The van der Waals surface area contributed by atoms with E-state index >= 15 is 0 Å². The summed E-state index contributed by atoms with van der Waals surface area (Å²) in [6, 6.07) is 7.55. The number of benzene rings is 1. The van der Waals surface area contributed by atoms with E-state index in [9.17, 15) is 4.79 Å². The van der Waals surface area contributed by atoms with Gasteiger partial charge in [0.25, 0.3) is 5.91 Å². The summed E-state index contributed by atoms with van der Waals surface area (Å²) in [7, 11) is 1.63. The number of methoxy groups -OCH3 is 1. The second-order valence-corrected chi connectivity index (χ2v) is 8.27. The van der Waals surface area contributed by atoms with Crippen LogP contribution in [0.3, 0.4) is 0 Å². The van der Waals surface area contributed by atoms with Crippen LogP contribution in [0.15, 0.2) is 28.8 Å². The molecule has 9 heteroatoms. The van der Waals surface area contributed by atoms with Gasteiger partial charge in [0.15, 0.2) is 0 Å². The fourth-order valence-electron chi connectivity index (χ4n) is 3.42. The van der Waals surface area contributed by atoms with E-state index < -0.39 is 0 Å². The SMILES string of the molecule is CCc1nc(C)c(C(=O)N2CCN(Cc3nc(-c4ccc(OC)cc4)no3)CC2)s1. The average molecular weight is 428 g/mol. The predicted octanol–water partition coefficient (Wildman–Crippen LogP) is 3.03. The molecule has 158 valence electrons. The molecule has 1 fully saturated rings. The summed E-state index contributed by atoms with van der Waals surface area (Å²) < 4.78 is 10.6. The second kappa shape index (κ2) is 8.93. The van der Waals surface area contributed by atoms with Crippen molar-refractivity contribution in [3.8, 4) is 17.1 Å². The molecule has 0 atom stereocenters. The van der Waals surface area contributed by atoms with E-state index in [1.807, 2.05) is 36.1 Å². The summed E-state index contributed by atoms with van der Waals surface area (Å²) in [5.41, 5.74) is 1.72. The van der Waals surface area contributed by atoms with Gasteiger partial charge in [0.05, 0.1) is 24.4 Å². The van der Waals surface area contributed by atoms with Crippen LogP contribution in [-0.4, -0.2) is 64.1 Å². The van der Waals surface area contributed by atoms with Crippen LogP contribution < -0.4 is 4.74 Å². The van der Waals surface area contributed by atoms with E-state index in [4.69, 9.17) is 9.26 Å². The van der Waals surface area contributed by atoms with E-state index in [0.29, 0.717) is 31.3 Å². The predicted molar refractivity (Wildman–Crippen MR) is 114 cm³/mol. The highest BCUT2D eigenvalue weighted by Crippen LogP contribution is 2.22. The van der Waals surface area contributed by atoms with Gasteiger partial charge in [-0.1, -0.05) is 12.1 Å². The van der Waals surface area contributed by atoms with Crippen molar-refractivity contribution in [1.82, 2.24) is 24.9 Å². The third-order valence-corrected chi connectivity index (χ3v) is 6.46. The maximum absolute atomic E-state index is 12.8. The van der Waals surface area contributed by atoms with Crippen molar-refractivity contribution in [3.05, 3.63) is 45.7 Å². The van der Waals surface area contributed by atoms with Crippen LogP contribution in [0.5, 0.6) is 5.75 Å². The Hall–Kier alpha value is -2.78. The summed E-state index contributed by atoms with van der Waals surface area (Å²) in [6.45, 7) is 7.44. The molecule has 3 aromatic rings. The van der Waals surface area contributed by atoms with Crippen molar-refractivity contribution >= 4 is 17.2 Å². The van der Waals surface area contributed by atoms with Gasteiger partial charge in [-0.15, -0.1) is 11.3 Å². The molecule has 0 saturated carbocycles. The molecule has 1 amide bonds. The van der Waals surface area contributed by atoms with Crippen LogP contribution in [0, 0.1) is 6.92 Å². The Morgan fingerprint density at radius 1 is 1.17 bits per heavy atom. The zero-order valence-corrected chi connectivity index (χ0v) is 18.2. The first-order valence-electron chi connectivity index (χ1n) is 10.0. The van der Waals surface area contributed by atoms with E-state index in [2.05, 4.69) is 26.9 Å². The minimum Gasteiger partial charge on any atom is -0.497 e. The summed E-state index contributed by atoms with van der Waals surface area (Å²) in [4.78, 5) is 26.7. The summed E-state index contributed by atoms with van der Waals surface area (Å²) >= 11 is 1.51. The van der Waals surface area contributed by atoms with Gasteiger partial charge in [0, 0.05) is 31.7 Å². The molecule has 1 aliphatic heterocycles. The largest absolute Gasteiger partial charge is 0.497 e. The van der Waals surface area contributed by atoms with E-state index in [1.54, 1.807) is 7.11 Å². The molecule has 0 aliphatic carbocycles. The maximum Gasteiger partial charge on any atom is 0.265 e. The topological polar surface area (TPSA) is 84.6 Å². The molecule has 0 spiro atoms. The number of rotatable bonds is 6. The Morgan fingerprint density at radius 2 is 1.90 bits per heavy atom. The Morgan fingerprint density at radius 3 is 2.53 bits per heavy atom. The Kier molecular flexibility index (Phi) is 6.10. The van der Waals surface area contributed by atoms with Crippen LogP contribution in [0.2, 0.25) is 0 Å². The molecular weight excluding hydrogens is 402 g/mol. The standard InChI is InChI=1S/C21H25N5O3S/c1-4-18-22-14(2)19(30-18)21(27)26-11-9-25(10-12-26)13-17-23-20(24-29-17)15-5-7-16(28-3)8-6-15/h5-8H,4,9-13H2,1-3H3. The fraction of sp³-hybridized carbons (Fsp3) is 0.429. The molecule has 4 rings (SSSR count). The van der Waals surface area contributed by atoms with E-state index in [1.165, 1.54) is 11.3 Å². The van der Waals surface area contributed by atoms with Gasteiger partial charge in [0.2, 0.25) is 11.7 Å². The molecule has 3 heterocycles. The zero-order valence-electron chi connectivity index (χ0n) is 17.4. The molecule has 0 unspecified atom stereocenters. The van der Waals surface area contributed by atoms with Gasteiger partial charge >= 0.3 is 0 Å². The van der Waals surface area contributed by atoms with Crippen LogP contribution in [0.1, 0.15) is 33.2 Å². The molecule has 8 nitrogen and oxygen atoms in total. The minimum atomic E-state index is 0.0870. The van der Waals surface area contributed by atoms with Crippen molar-refractivity contribution in [1.29, 1.82) is 0 Å². The number of amides is 1. The number of carbonyl (C=O) groups excluding carboxylic acids is 1. The molecule has 0 N–H and O–H groups in total. The van der Waals surface area contributed by atoms with Gasteiger partial charge < -0.3 is 14.2 Å². The molecule has 30 heavy (non-hydrogen) atoms. The number of ether oxygens (including phenoxy) is 1. The molecule has 2 aromatic heterocycles. The first-order chi connectivity index (χ1) is 14.6. The third kappa shape index (κ3) is 4.36. The molecular formula is C21H25N5O3S. The van der Waals surface area contributed by atoms with Crippen molar-refractivity contribution in [2.45, 2.75) is 26.8 Å². The lowest BCUT2D eigenvalue weighted by Gasteiger charge is -2.33. The van der Waals surface area contributed by atoms with Crippen LogP contribution in [-0.2, 0) is 13.0 Å². The number of hydrogen-bond acceptors (Lipinski definition) is 8. The summed E-state index contributed by atoms with van der Waals surface area (Å²) in [5.74, 6) is 2.01. The summed E-state index contributed by atoms with van der Waals surface area (Å²) in [6.07, 6.45) is 0.856. The molecule has 1 aromatic carbocycles. The number of carbonyl (C=O) groups is 1. The average Bonchev–Trinajstić information content (AvgIpc) is 3.40. The monoisotopic (exact) mass is 427 g/mol. The maximum atomic E-state index is 12.8. The molecule has 1 saturated heterocycles.